The molecule has 1 rings (SSSR count). The van der Waals surface area contributed by atoms with Crippen molar-refractivity contribution in [2.75, 3.05) is 33.3 Å². The molecule has 0 spiro atoms. The first-order valence-corrected chi connectivity index (χ1v) is 6.44. The molecule has 3 heteroatoms. The Morgan fingerprint density at radius 1 is 1.44 bits per heavy atom. The summed E-state index contributed by atoms with van der Waals surface area (Å²) in [5, 5.41) is 3.49. The van der Waals surface area contributed by atoms with E-state index < -0.39 is 0 Å². The maximum Gasteiger partial charge on any atom is 0.0634 e. The summed E-state index contributed by atoms with van der Waals surface area (Å²) in [7, 11) is 1.80. The van der Waals surface area contributed by atoms with Gasteiger partial charge in [0.2, 0.25) is 0 Å². The van der Waals surface area contributed by atoms with Crippen LogP contribution >= 0.6 is 0 Å². The van der Waals surface area contributed by atoms with Crippen LogP contribution in [0.2, 0.25) is 0 Å². The van der Waals surface area contributed by atoms with Gasteiger partial charge in [0.1, 0.15) is 0 Å². The van der Waals surface area contributed by atoms with Gasteiger partial charge >= 0.3 is 0 Å². The van der Waals surface area contributed by atoms with Gasteiger partial charge in [-0.1, -0.05) is 6.92 Å². The standard InChI is InChI=1S/C13H28N2O/c1-6-13(4)11-14-8-10-15(13)9-7-12(2,3)16-5/h14H,6-11H2,1-5H3. The SMILES string of the molecule is CCC1(C)CNCCN1CCC(C)(C)OC. The molecular formula is C13H28N2O. The van der Waals surface area contributed by atoms with Crippen LogP contribution < -0.4 is 5.32 Å². The molecule has 16 heavy (non-hydrogen) atoms. The van der Waals surface area contributed by atoms with Gasteiger partial charge in [-0.25, -0.2) is 0 Å². The van der Waals surface area contributed by atoms with Crippen molar-refractivity contribution in [2.45, 2.75) is 51.7 Å². The quantitative estimate of drug-likeness (QED) is 0.777. The zero-order chi connectivity index (χ0) is 12.2. The van der Waals surface area contributed by atoms with Crippen LogP contribution in [0.4, 0.5) is 0 Å². The Bertz CT molecular complexity index is 218. The van der Waals surface area contributed by atoms with Crippen molar-refractivity contribution in [3.8, 4) is 0 Å². The lowest BCUT2D eigenvalue weighted by atomic mass is 9.92. The van der Waals surface area contributed by atoms with Gasteiger partial charge < -0.3 is 10.1 Å². The minimum Gasteiger partial charge on any atom is -0.379 e. The van der Waals surface area contributed by atoms with Crippen LogP contribution in [0.5, 0.6) is 0 Å². The molecule has 1 fully saturated rings. The summed E-state index contributed by atoms with van der Waals surface area (Å²) in [5.41, 5.74) is 0.321. The van der Waals surface area contributed by atoms with Crippen LogP contribution in [-0.2, 0) is 4.74 Å². The molecule has 0 aromatic heterocycles. The molecular weight excluding hydrogens is 200 g/mol. The van der Waals surface area contributed by atoms with Crippen LogP contribution in [0.25, 0.3) is 0 Å². The predicted octanol–water partition coefficient (Wildman–Crippen LogP) is 1.88. The van der Waals surface area contributed by atoms with E-state index in [0.717, 1.165) is 32.6 Å². The van der Waals surface area contributed by atoms with E-state index in [9.17, 15) is 0 Å². The molecule has 0 aromatic rings. The van der Waals surface area contributed by atoms with Crippen LogP contribution in [0.3, 0.4) is 0 Å². The third-order valence-corrected chi connectivity index (χ3v) is 4.13. The molecule has 1 aliphatic rings. The van der Waals surface area contributed by atoms with Crippen LogP contribution in [-0.4, -0.2) is 49.3 Å². The number of nitrogens with one attached hydrogen (secondary N) is 1. The molecule has 96 valence electrons. The average molecular weight is 228 g/mol. The Morgan fingerprint density at radius 3 is 2.69 bits per heavy atom. The van der Waals surface area contributed by atoms with Gasteiger partial charge in [0, 0.05) is 38.8 Å². The van der Waals surface area contributed by atoms with E-state index in [2.05, 4.69) is 37.9 Å². The summed E-state index contributed by atoms with van der Waals surface area (Å²) in [6.45, 7) is 13.5. The fourth-order valence-electron chi connectivity index (χ4n) is 2.19. The van der Waals surface area contributed by atoms with E-state index >= 15 is 0 Å². The minimum absolute atomic E-state index is 0.000469. The lowest BCUT2D eigenvalue weighted by molar-refractivity contribution is -0.00992. The predicted molar refractivity (Wildman–Crippen MR) is 68.8 cm³/mol. The maximum absolute atomic E-state index is 5.49. The summed E-state index contributed by atoms with van der Waals surface area (Å²) >= 11 is 0. The molecule has 0 amide bonds. The molecule has 0 aliphatic carbocycles. The van der Waals surface area contributed by atoms with Crippen LogP contribution in [0.1, 0.15) is 40.5 Å². The fraction of sp³-hybridized carbons (Fsp3) is 1.00. The van der Waals surface area contributed by atoms with Crippen molar-refractivity contribution >= 4 is 0 Å². The summed E-state index contributed by atoms with van der Waals surface area (Å²) in [6, 6.07) is 0. The lowest BCUT2D eigenvalue weighted by Crippen LogP contribution is -2.59. The van der Waals surface area contributed by atoms with Gasteiger partial charge in [0.15, 0.2) is 0 Å². The zero-order valence-electron chi connectivity index (χ0n) is 11.6. The van der Waals surface area contributed by atoms with Crippen molar-refractivity contribution in [3.63, 3.8) is 0 Å². The molecule has 1 saturated heterocycles. The first-order valence-electron chi connectivity index (χ1n) is 6.44. The summed E-state index contributed by atoms with van der Waals surface area (Å²) in [6.07, 6.45) is 2.30. The highest BCUT2D eigenvalue weighted by molar-refractivity contribution is 4.91. The number of hydrogen-bond acceptors (Lipinski definition) is 3. The van der Waals surface area contributed by atoms with Crippen molar-refractivity contribution in [3.05, 3.63) is 0 Å². The second kappa shape index (κ2) is 5.48. The third kappa shape index (κ3) is 3.44. The number of methoxy groups -OCH3 is 1. The van der Waals surface area contributed by atoms with Gasteiger partial charge in [-0.05, 0) is 33.6 Å². The number of rotatable bonds is 5. The van der Waals surface area contributed by atoms with Gasteiger partial charge in [-0.2, -0.15) is 0 Å². The summed E-state index contributed by atoms with van der Waals surface area (Å²) in [4.78, 5) is 2.62. The number of piperazine rings is 1. The zero-order valence-corrected chi connectivity index (χ0v) is 11.6. The van der Waals surface area contributed by atoms with Gasteiger partial charge in [0.25, 0.3) is 0 Å². The van der Waals surface area contributed by atoms with E-state index in [1.165, 1.54) is 6.42 Å². The Morgan fingerprint density at radius 2 is 2.12 bits per heavy atom. The minimum atomic E-state index is -0.000469. The first kappa shape index (κ1) is 13.9. The smallest absolute Gasteiger partial charge is 0.0634 e. The van der Waals surface area contributed by atoms with E-state index in [-0.39, 0.29) is 5.60 Å². The molecule has 0 bridgehead atoms. The largest absolute Gasteiger partial charge is 0.379 e. The first-order chi connectivity index (χ1) is 7.43. The van der Waals surface area contributed by atoms with Crippen LogP contribution in [0.15, 0.2) is 0 Å². The van der Waals surface area contributed by atoms with E-state index in [0.29, 0.717) is 5.54 Å². The van der Waals surface area contributed by atoms with Crippen molar-refractivity contribution in [1.29, 1.82) is 0 Å². The number of ether oxygens (including phenoxy) is 1. The molecule has 0 radical (unpaired) electrons. The highest BCUT2D eigenvalue weighted by Gasteiger charge is 2.33. The Hall–Kier alpha value is -0.120. The van der Waals surface area contributed by atoms with Crippen LogP contribution in [0, 0.1) is 0 Å². The van der Waals surface area contributed by atoms with Gasteiger partial charge in [-0.3, -0.25) is 4.90 Å². The number of nitrogens with zero attached hydrogens (tertiary/aromatic N) is 1. The Kier molecular flexibility index (Phi) is 4.77. The van der Waals surface area contributed by atoms with E-state index in [4.69, 9.17) is 4.74 Å². The van der Waals surface area contributed by atoms with Crippen molar-refractivity contribution in [1.82, 2.24) is 10.2 Å². The Balaban J connectivity index is 2.51. The van der Waals surface area contributed by atoms with Crippen molar-refractivity contribution < 1.29 is 4.74 Å². The summed E-state index contributed by atoms with van der Waals surface area (Å²) < 4.78 is 5.49. The average Bonchev–Trinajstić information content (AvgIpc) is 2.28. The van der Waals surface area contributed by atoms with Gasteiger partial charge in [0.05, 0.1) is 5.60 Å². The second-order valence-electron chi connectivity index (χ2n) is 5.73. The highest BCUT2D eigenvalue weighted by Crippen LogP contribution is 2.23. The molecule has 1 N–H and O–H groups in total. The van der Waals surface area contributed by atoms with Crippen molar-refractivity contribution in [2.24, 2.45) is 0 Å². The maximum atomic E-state index is 5.49. The molecule has 3 nitrogen and oxygen atoms in total. The summed E-state index contributed by atoms with van der Waals surface area (Å²) in [5.74, 6) is 0. The fourth-order valence-corrected chi connectivity index (χ4v) is 2.19. The third-order valence-electron chi connectivity index (χ3n) is 4.13. The normalized spacial score (nSPS) is 28.3. The van der Waals surface area contributed by atoms with E-state index in [1.807, 2.05) is 0 Å². The Labute approximate surface area is 101 Å². The number of hydrogen-bond donors (Lipinski definition) is 1. The molecule has 0 saturated carbocycles. The molecule has 0 aromatic carbocycles. The lowest BCUT2D eigenvalue weighted by Gasteiger charge is -2.45. The molecule has 1 heterocycles. The molecule has 1 unspecified atom stereocenters. The second-order valence-corrected chi connectivity index (χ2v) is 5.73. The topological polar surface area (TPSA) is 24.5 Å². The molecule has 1 atom stereocenters. The molecule has 1 aliphatic heterocycles. The highest BCUT2D eigenvalue weighted by atomic mass is 16.5. The van der Waals surface area contributed by atoms with E-state index in [1.54, 1.807) is 7.11 Å². The van der Waals surface area contributed by atoms with Gasteiger partial charge in [-0.15, -0.1) is 0 Å². The monoisotopic (exact) mass is 228 g/mol.